The van der Waals surface area contributed by atoms with E-state index in [0.29, 0.717) is 25.9 Å². The second-order valence-corrected chi connectivity index (χ2v) is 2.23. The summed E-state index contributed by atoms with van der Waals surface area (Å²) in [4.78, 5) is 15.4. The monoisotopic (exact) mass is 145 g/mol. The zero-order chi connectivity index (χ0) is 7.40. The summed E-state index contributed by atoms with van der Waals surface area (Å²) in [6.07, 6.45) is 1.08. The van der Waals surface area contributed by atoms with Crippen molar-refractivity contribution in [2.45, 2.75) is 12.8 Å². The third-order valence-electron chi connectivity index (χ3n) is 1.52. The number of piperidine rings is 1. The first-order valence-corrected chi connectivity index (χ1v) is 3.33. The number of hydroxylamine groups is 2. The van der Waals surface area contributed by atoms with Crippen LogP contribution < -0.4 is 0 Å². The quantitative estimate of drug-likeness (QED) is 0.534. The summed E-state index contributed by atoms with van der Waals surface area (Å²) in [5.74, 6) is 0.276. The zero-order valence-electron chi connectivity index (χ0n) is 5.75. The van der Waals surface area contributed by atoms with Gasteiger partial charge in [-0.3, -0.25) is 9.63 Å². The van der Waals surface area contributed by atoms with E-state index < -0.39 is 0 Å². The first-order chi connectivity index (χ1) is 4.83. The Labute approximate surface area is 59.3 Å². The minimum absolute atomic E-state index is 0.276. The van der Waals surface area contributed by atoms with Gasteiger partial charge in [0.15, 0.2) is 6.79 Å². The van der Waals surface area contributed by atoms with Crippen molar-refractivity contribution in [3.8, 4) is 0 Å². The molecule has 0 unspecified atom stereocenters. The lowest BCUT2D eigenvalue weighted by Crippen LogP contribution is -2.34. The summed E-state index contributed by atoms with van der Waals surface area (Å²) < 4.78 is 0. The van der Waals surface area contributed by atoms with Crippen LogP contribution in [0.5, 0.6) is 0 Å². The third kappa shape index (κ3) is 2.06. The molecule has 58 valence electrons. The maximum atomic E-state index is 10.7. The molecule has 0 bridgehead atoms. The van der Waals surface area contributed by atoms with E-state index in [4.69, 9.17) is 9.94 Å². The van der Waals surface area contributed by atoms with E-state index in [2.05, 4.69) is 0 Å². The van der Waals surface area contributed by atoms with E-state index in [9.17, 15) is 4.79 Å². The summed E-state index contributed by atoms with van der Waals surface area (Å²) >= 11 is 0. The number of hydrogen-bond donors (Lipinski definition) is 1. The molecule has 0 saturated carbocycles. The largest absolute Gasteiger partial charge is 0.369 e. The molecule has 0 spiro atoms. The second-order valence-electron chi connectivity index (χ2n) is 2.23. The number of rotatable bonds is 2. The SMILES string of the molecule is O=C1CCN(OCO)CC1. The fourth-order valence-electron chi connectivity index (χ4n) is 0.946. The molecular weight excluding hydrogens is 134 g/mol. The molecule has 0 aromatic carbocycles. The van der Waals surface area contributed by atoms with E-state index in [1.807, 2.05) is 0 Å². The maximum absolute atomic E-state index is 10.7. The molecule has 4 nitrogen and oxygen atoms in total. The van der Waals surface area contributed by atoms with E-state index in [0.717, 1.165) is 0 Å². The van der Waals surface area contributed by atoms with Crippen LogP contribution in [0.3, 0.4) is 0 Å². The lowest BCUT2D eigenvalue weighted by Gasteiger charge is -2.23. The summed E-state index contributed by atoms with van der Waals surface area (Å²) in [5, 5.41) is 9.95. The summed E-state index contributed by atoms with van der Waals surface area (Å²) in [6.45, 7) is 0.924. The average Bonchev–Trinajstić information content (AvgIpc) is 1.95. The molecule has 0 aromatic heterocycles. The minimum Gasteiger partial charge on any atom is -0.369 e. The van der Waals surface area contributed by atoms with Gasteiger partial charge in [-0.15, -0.1) is 0 Å². The van der Waals surface area contributed by atoms with Crippen LogP contribution in [0.4, 0.5) is 0 Å². The van der Waals surface area contributed by atoms with Crippen LogP contribution in [0.15, 0.2) is 0 Å². The average molecular weight is 145 g/mol. The van der Waals surface area contributed by atoms with E-state index in [-0.39, 0.29) is 12.6 Å². The molecule has 1 fully saturated rings. The number of aliphatic hydroxyl groups excluding tert-OH is 1. The number of nitrogens with zero attached hydrogens (tertiary/aromatic N) is 1. The van der Waals surface area contributed by atoms with Crippen molar-refractivity contribution in [3.63, 3.8) is 0 Å². The summed E-state index contributed by atoms with van der Waals surface area (Å²) in [6, 6.07) is 0. The molecule has 0 aromatic rings. The van der Waals surface area contributed by atoms with Crippen molar-refractivity contribution in [1.82, 2.24) is 5.06 Å². The molecule has 10 heavy (non-hydrogen) atoms. The molecule has 1 saturated heterocycles. The fourth-order valence-corrected chi connectivity index (χ4v) is 0.946. The first kappa shape index (κ1) is 7.65. The minimum atomic E-state index is -0.297. The number of hydrogen-bond acceptors (Lipinski definition) is 4. The number of carbonyl (C=O) groups excluding carboxylic acids is 1. The molecule has 0 amide bonds. The van der Waals surface area contributed by atoms with Crippen LogP contribution in [0.25, 0.3) is 0 Å². The highest BCUT2D eigenvalue weighted by Gasteiger charge is 2.15. The normalized spacial score (nSPS) is 21.5. The van der Waals surface area contributed by atoms with Gasteiger partial charge in [0.25, 0.3) is 0 Å². The highest BCUT2D eigenvalue weighted by atomic mass is 16.7. The van der Waals surface area contributed by atoms with Gasteiger partial charge in [0.1, 0.15) is 5.78 Å². The van der Waals surface area contributed by atoms with E-state index >= 15 is 0 Å². The topological polar surface area (TPSA) is 49.8 Å². The van der Waals surface area contributed by atoms with Crippen molar-refractivity contribution >= 4 is 5.78 Å². The predicted molar refractivity (Wildman–Crippen MR) is 34.0 cm³/mol. The summed E-state index contributed by atoms with van der Waals surface area (Å²) in [5.41, 5.74) is 0. The van der Waals surface area contributed by atoms with Crippen molar-refractivity contribution < 1.29 is 14.7 Å². The van der Waals surface area contributed by atoms with Gasteiger partial charge in [0.05, 0.1) is 0 Å². The Hall–Kier alpha value is -0.450. The molecule has 1 N–H and O–H groups in total. The van der Waals surface area contributed by atoms with Crippen LogP contribution in [0, 0.1) is 0 Å². The van der Waals surface area contributed by atoms with Gasteiger partial charge in [0, 0.05) is 25.9 Å². The molecular formula is C6H11NO3. The molecule has 0 atom stereocenters. The van der Waals surface area contributed by atoms with Gasteiger partial charge in [-0.1, -0.05) is 0 Å². The van der Waals surface area contributed by atoms with Crippen LogP contribution >= 0.6 is 0 Å². The number of Topliss-reactive ketones (excluding diaryl/α,β-unsaturated/α-hetero) is 1. The Kier molecular flexibility index (Phi) is 2.80. The Morgan fingerprint density at radius 2 is 2.10 bits per heavy atom. The van der Waals surface area contributed by atoms with E-state index in [1.54, 1.807) is 5.06 Å². The van der Waals surface area contributed by atoms with Crippen molar-refractivity contribution in [1.29, 1.82) is 0 Å². The van der Waals surface area contributed by atoms with Crippen molar-refractivity contribution in [2.75, 3.05) is 19.9 Å². The lowest BCUT2D eigenvalue weighted by molar-refractivity contribution is -0.215. The van der Waals surface area contributed by atoms with Gasteiger partial charge in [-0.25, -0.2) is 0 Å². The first-order valence-electron chi connectivity index (χ1n) is 3.33. The second kappa shape index (κ2) is 3.65. The molecule has 0 radical (unpaired) electrons. The smallest absolute Gasteiger partial charge is 0.164 e. The Morgan fingerprint density at radius 1 is 1.50 bits per heavy atom. The van der Waals surface area contributed by atoms with Gasteiger partial charge in [0.2, 0.25) is 0 Å². The Morgan fingerprint density at radius 3 is 2.60 bits per heavy atom. The van der Waals surface area contributed by atoms with Gasteiger partial charge >= 0.3 is 0 Å². The molecule has 1 aliphatic rings. The van der Waals surface area contributed by atoms with Gasteiger partial charge < -0.3 is 5.11 Å². The van der Waals surface area contributed by atoms with Crippen LogP contribution in [0.1, 0.15) is 12.8 Å². The Bertz CT molecular complexity index is 116. The van der Waals surface area contributed by atoms with Crippen LogP contribution in [0.2, 0.25) is 0 Å². The van der Waals surface area contributed by atoms with Crippen LogP contribution in [-0.4, -0.2) is 35.8 Å². The maximum Gasteiger partial charge on any atom is 0.164 e. The van der Waals surface area contributed by atoms with Crippen molar-refractivity contribution in [3.05, 3.63) is 0 Å². The van der Waals surface area contributed by atoms with Gasteiger partial charge in [-0.2, -0.15) is 5.06 Å². The third-order valence-corrected chi connectivity index (χ3v) is 1.52. The fraction of sp³-hybridized carbons (Fsp3) is 0.833. The molecule has 1 rings (SSSR count). The van der Waals surface area contributed by atoms with Crippen LogP contribution in [-0.2, 0) is 9.63 Å². The number of aliphatic hydroxyl groups is 1. The number of carbonyl (C=O) groups is 1. The highest BCUT2D eigenvalue weighted by molar-refractivity contribution is 5.79. The van der Waals surface area contributed by atoms with E-state index in [1.165, 1.54) is 0 Å². The molecule has 1 aliphatic heterocycles. The predicted octanol–water partition coefficient (Wildman–Crippen LogP) is -0.467. The lowest BCUT2D eigenvalue weighted by atomic mass is 10.1. The van der Waals surface area contributed by atoms with Gasteiger partial charge in [-0.05, 0) is 0 Å². The molecule has 4 heteroatoms. The standard InChI is InChI=1S/C6H11NO3/c8-5-10-7-3-1-6(9)2-4-7/h8H,1-5H2. The summed E-state index contributed by atoms with van der Waals surface area (Å²) in [7, 11) is 0. The zero-order valence-corrected chi connectivity index (χ0v) is 5.75. The molecule has 0 aliphatic carbocycles. The highest BCUT2D eigenvalue weighted by Crippen LogP contribution is 2.04. The molecule has 1 heterocycles. The van der Waals surface area contributed by atoms with Crippen molar-refractivity contribution in [2.24, 2.45) is 0 Å². The number of ketones is 1. The Balaban J connectivity index is 2.19.